The van der Waals surface area contributed by atoms with E-state index >= 15 is 0 Å². The second-order valence-electron chi connectivity index (χ2n) is 4.46. The maximum Gasteiger partial charge on any atom is 0.507 e. The van der Waals surface area contributed by atoms with Crippen molar-refractivity contribution < 1.29 is 24.0 Å². The Balaban J connectivity index is 2.14. The summed E-state index contributed by atoms with van der Waals surface area (Å²) in [6, 6.07) is 2.75. The summed E-state index contributed by atoms with van der Waals surface area (Å²) < 4.78 is 9.32. The molecule has 1 aromatic heterocycles. The highest BCUT2D eigenvalue weighted by atomic mass is 32.2. The third-order valence-corrected chi connectivity index (χ3v) is 4.05. The van der Waals surface area contributed by atoms with Gasteiger partial charge in [-0.25, -0.2) is 4.79 Å². The van der Waals surface area contributed by atoms with Crippen molar-refractivity contribution >= 4 is 23.8 Å². The summed E-state index contributed by atoms with van der Waals surface area (Å²) in [5, 5.41) is 21.7. The molecule has 1 saturated heterocycles. The molecule has 0 spiro atoms. The monoisotopic (exact) mass is 288 g/mol. The average Bonchev–Trinajstić information content (AvgIpc) is 2.83. The van der Waals surface area contributed by atoms with Crippen LogP contribution in [0, 0.1) is 10.1 Å². The van der Waals surface area contributed by atoms with Gasteiger partial charge in [-0.3, -0.25) is 15.4 Å². The molecule has 2 heterocycles. The van der Waals surface area contributed by atoms with Crippen LogP contribution in [0.3, 0.4) is 0 Å². The number of carboxylic acid groups (broad SMARTS) is 1. The van der Waals surface area contributed by atoms with Gasteiger partial charge in [-0.2, -0.15) is 0 Å². The van der Waals surface area contributed by atoms with E-state index in [1.165, 1.54) is 23.9 Å². The molecular formula is C10H12N2O6S. The molecule has 0 amide bonds. The molecule has 9 heteroatoms. The number of rotatable bonds is 3. The summed E-state index contributed by atoms with van der Waals surface area (Å²) in [6.07, 6.45) is -2.10. The molecule has 1 fully saturated rings. The van der Waals surface area contributed by atoms with E-state index in [2.05, 4.69) is 5.32 Å². The van der Waals surface area contributed by atoms with E-state index in [4.69, 9.17) is 14.3 Å². The van der Waals surface area contributed by atoms with Crippen LogP contribution in [0.2, 0.25) is 0 Å². The summed E-state index contributed by atoms with van der Waals surface area (Å²) in [6.45, 7) is 3.63. The van der Waals surface area contributed by atoms with Crippen molar-refractivity contribution in [1.29, 1.82) is 0 Å². The second-order valence-corrected chi connectivity index (χ2v) is 6.22. The fourth-order valence-corrected chi connectivity index (χ4v) is 3.02. The lowest BCUT2D eigenvalue weighted by Crippen LogP contribution is -2.40. The molecule has 19 heavy (non-hydrogen) atoms. The topological polar surface area (TPSA) is 115 Å². The van der Waals surface area contributed by atoms with Crippen LogP contribution in [0.5, 0.6) is 0 Å². The van der Waals surface area contributed by atoms with Crippen LogP contribution in [-0.2, 0) is 4.74 Å². The molecule has 1 aromatic rings. The lowest BCUT2D eigenvalue weighted by molar-refractivity contribution is -0.402. The van der Waals surface area contributed by atoms with Crippen molar-refractivity contribution in [3.8, 4) is 0 Å². The molecule has 0 bridgehead atoms. The van der Waals surface area contributed by atoms with Gasteiger partial charge < -0.3 is 14.3 Å². The standard InChI is InChI=1S/C10H12N2O6S/c1-10(2)8(18-9(13)14)11-7(19-10)5-3-4-6(17-5)12(15)16/h3-4,7-8,11H,1-2H3,(H,13,14)/t7?,8-/m0/s1. The maximum atomic E-state index is 10.6. The fourth-order valence-electron chi connectivity index (χ4n) is 1.74. The number of carbonyl (C=O) groups is 1. The predicted octanol–water partition coefficient (Wildman–Crippen LogP) is 2.32. The highest BCUT2D eigenvalue weighted by molar-refractivity contribution is 8.01. The first-order valence-electron chi connectivity index (χ1n) is 5.37. The first kappa shape index (κ1) is 13.7. The number of nitro groups is 1. The van der Waals surface area contributed by atoms with Crippen molar-refractivity contribution in [2.45, 2.75) is 30.2 Å². The number of ether oxygens (including phenoxy) is 1. The van der Waals surface area contributed by atoms with Gasteiger partial charge in [0.1, 0.15) is 16.1 Å². The Kier molecular flexibility index (Phi) is 3.42. The predicted molar refractivity (Wildman–Crippen MR) is 65.8 cm³/mol. The van der Waals surface area contributed by atoms with E-state index in [0.717, 1.165) is 0 Å². The third-order valence-electron chi connectivity index (χ3n) is 2.63. The van der Waals surface area contributed by atoms with Crippen molar-refractivity contribution in [3.63, 3.8) is 0 Å². The minimum absolute atomic E-state index is 0.349. The molecule has 0 radical (unpaired) electrons. The Morgan fingerprint density at radius 3 is 2.84 bits per heavy atom. The lowest BCUT2D eigenvalue weighted by Gasteiger charge is -2.23. The molecule has 2 N–H and O–H groups in total. The smallest absolute Gasteiger partial charge is 0.450 e. The minimum Gasteiger partial charge on any atom is -0.450 e. The number of nitrogens with one attached hydrogen (secondary N) is 1. The Morgan fingerprint density at radius 2 is 2.32 bits per heavy atom. The van der Waals surface area contributed by atoms with Gasteiger partial charge >= 0.3 is 12.0 Å². The zero-order chi connectivity index (χ0) is 14.2. The van der Waals surface area contributed by atoms with E-state index in [0.29, 0.717) is 5.76 Å². The van der Waals surface area contributed by atoms with Crippen LogP contribution < -0.4 is 5.32 Å². The van der Waals surface area contributed by atoms with E-state index in [1.54, 1.807) is 0 Å². The van der Waals surface area contributed by atoms with Gasteiger partial charge in [0.25, 0.3) is 0 Å². The van der Waals surface area contributed by atoms with Crippen molar-refractivity contribution in [2.75, 3.05) is 0 Å². The van der Waals surface area contributed by atoms with Gasteiger partial charge in [0.05, 0.1) is 10.8 Å². The number of thioether (sulfide) groups is 1. The number of hydrogen-bond acceptors (Lipinski definition) is 7. The largest absolute Gasteiger partial charge is 0.507 e. The molecule has 0 saturated carbocycles. The zero-order valence-electron chi connectivity index (χ0n) is 10.2. The first-order valence-corrected chi connectivity index (χ1v) is 6.25. The van der Waals surface area contributed by atoms with Gasteiger partial charge in [0, 0.05) is 0 Å². The highest BCUT2D eigenvalue weighted by Gasteiger charge is 2.45. The second kappa shape index (κ2) is 4.74. The Bertz CT molecular complexity index is 514. The molecule has 8 nitrogen and oxygen atoms in total. The zero-order valence-corrected chi connectivity index (χ0v) is 11.0. The van der Waals surface area contributed by atoms with Crippen LogP contribution in [0.4, 0.5) is 10.7 Å². The minimum atomic E-state index is -1.38. The van der Waals surface area contributed by atoms with Crippen molar-refractivity contribution in [2.24, 2.45) is 0 Å². The van der Waals surface area contributed by atoms with Crippen LogP contribution in [-0.4, -0.2) is 27.2 Å². The SMILES string of the molecule is CC1(C)SC(c2ccc([N+](=O)[O-])o2)N[C@H]1OC(=O)O. The quantitative estimate of drug-likeness (QED) is 0.494. The maximum absolute atomic E-state index is 10.6. The van der Waals surface area contributed by atoms with E-state index in [9.17, 15) is 14.9 Å². The molecule has 104 valence electrons. The average molecular weight is 288 g/mol. The molecule has 1 unspecified atom stereocenters. The van der Waals surface area contributed by atoms with Gasteiger partial charge in [-0.1, -0.05) is 0 Å². The fraction of sp³-hybridized carbons (Fsp3) is 0.500. The molecule has 2 atom stereocenters. The molecule has 1 aliphatic rings. The number of furan rings is 1. The highest BCUT2D eigenvalue weighted by Crippen LogP contribution is 2.46. The van der Waals surface area contributed by atoms with Crippen LogP contribution in [0.15, 0.2) is 16.5 Å². The Hall–Kier alpha value is -1.74. The lowest BCUT2D eigenvalue weighted by atomic mass is 10.2. The summed E-state index contributed by atoms with van der Waals surface area (Å²) in [5.41, 5.74) is 0. The summed E-state index contributed by atoms with van der Waals surface area (Å²) in [7, 11) is 0. The molecule has 0 aliphatic carbocycles. The van der Waals surface area contributed by atoms with Gasteiger partial charge in [0.15, 0.2) is 6.23 Å². The first-order chi connectivity index (χ1) is 8.79. The molecule has 2 rings (SSSR count). The van der Waals surface area contributed by atoms with Crippen LogP contribution >= 0.6 is 11.8 Å². The Morgan fingerprint density at radius 1 is 1.63 bits per heavy atom. The summed E-state index contributed by atoms with van der Waals surface area (Å²) in [5.74, 6) is 0.0130. The van der Waals surface area contributed by atoms with Gasteiger partial charge in [-0.05, 0) is 19.9 Å². The van der Waals surface area contributed by atoms with Crippen molar-refractivity contribution in [1.82, 2.24) is 5.32 Å². The normalized spacial score (nSPS) is 25.2. The summed E-state index contributed by atoms with van der Waals surface area (Å²) in [4.78, 5) is 20.5. The van der Waals surface area contributed by atoms with Crippen LogP contribution in [0.1, 0.15) is 25.0 Å². The third kappa shape index (κ3) is 2.82. The summed E-state index contributed by atoms with van der Waals surface area (Å²) >= 11 is 1.38. The van der Waals surface area contributed by atoms with E-state index in [-0.39, 0.29) is 5.88 Å². The Labute approximate surface area is 112 Å². The molecular weight excluding hydrogens is 276 g/mol. The van der Waals surface area contributed by atoms with Gasteiger partial charge in [-0.15, -0.1) is 11.8 Å². The van der Waals surface area contributed by atoms with Crippen LogP contribution in [0.25, 0.3) is 0 Å². The molecule has 0 aromatic carbocycles. The van der Waals surface area contributed by atoms with E-state index in [1.807, 2.05) is 13.8 Å². The van der Waals surface area contributed by atoms with Gasteiger partial charge in [0.2, 0.25) is 0 Å². The van der Waals surface area contributed by atoms with E-state index < -0.39 is 27.4 Å². The molecule has 1 aliphatic heterocycles. The van der Waals surface area contributed by atoms with Crippen molar-refractivity contribution in [3.05, 3.63) is 28.0 Å². The number of hydrogen-bond donors (Lipinski definition) is 2. The number of nitrogens with zero attached hydrogens (tertiary/aromatic N) is 1.